The van der Waals surface area contributed by atoms with E-state index >= 15 is 0 Å². The molecular weight excluding hydrogens is 272 g/mol. The molecule has 15 heavy (non-hydrogen) atoms. The van der Waals surface area contributed by atoms with E-state index in [1.54, 1.807) is 0 Å². The minimum Gasteiger partial charge on any atom is -0.314 e. The summed E-state index contributed by atoms with van der Waals surface area (Å²) in [7, 11) is 0. The maximum absolute atomic E-state index is 3.51. The van der Waals surface area contributed by atoms with E-state index in [1.807, 2.05) is 11.3 Å². The van der Waals surface area contributed by atoms with E-state index in [0.717, 1.165) is 19.6 Å². The fraction of sp³-hybridized carbons (Fsp3) is 0.636. The SMILES string of the molecule is CC1CNCC(C)N1Cc1cc(Br)cs1. The molecule has 2 nitrogen and oxygen atoms in total. The fourth-order valence-corrected chi connectivity index (χ4v) is 3.56. The highest BCUT2D eigenvalue weighted by molar-refractivity contribution is 9.10. The molecule has 1 aromatic rings. The summed E-state index contributed by atoms with van der Waals surface area (Å²) in [6.45, 7) is 7.89. The van der Waals surface area contributed by atoms with Crippen LogP contribution in [-0.2, 0) is 6.54 Å². The zero-order chi connectivity index (χ0) is 10.8. The summed E-state index contributed by atoms with van der Waals surface area (Å²) in [5.41, 5.74) is 0. The Morgan fingerprint density at radius 3 is 2.67 bits per heavy atom. The molecule has 2 unspecified atom stereocenters. The molecule has 1 saturated heterocycles. The molecule has 2 atom stereocenters. The quantitative estimate of drug-likeness (QED) is 0.900. The van der Waals surface area contributed by atoms with Crippen molar-refractivity contribution < 1.29 is 0 Å². The number of piperazine rings is 1. The van der Waals surface area contributed by atoms with Gasteiger partial charge in [-0.25, -0.2) is 0 Å². The molecule has 2 rings (SSSR count). The van der Waals surface area contributed by atoms with Crippen molar-refractivity contribution >= 4 is 27.3 Å². The van der Waals surface area contributed by atoms with Crippen molar-refractivity contribution in [2.24, 2.45) is 0 Å². The molecule has 1 aromatic heterocycles. The van der Waals surface area contributed by atoms with Crippen molar-refractivity contribution in [3.05, 3.63) is 20.8 Å². The number of hydrogen-bond acceptors (Lipinski definition) is 3. The minimum atomic E-state index is 0.634. The molecule has 0 aliphatic carbocycles. The lowest BCUT2D eigenvalue weighted by Crippen LogP contribution is -2.54. The topological polar surface area (TPSA) is 15.3 Å². The van der Waals surface area contributed by atoms with Crippen LogP contribution in [0, 0.1) is 0 Å². The van der Waals surface area contributed by atoms with Crippen LogP contribution in [0.25, 0.3) is 0 Å². The lowest BCUT2D eigenvalue weighted by atomic mass is 10.1. The largest absolute Gasteiger partial charge is 0.314 e. The molecule has 0 aromatic carbocycles. The van der Waals surface area contributed by atoms with E-state index in [2.05, 4.69) is 51.4 Å². The molecule has 0 saturated carbocycles. The normalized spacial score (nSPS) is 28.2. The zero-order valence-electron chi connectivity index (χ0n) is 9.16. The maximum atomic E-state index is 3.51. The van der Waals surface area contributed by atoms with Crippen LogP contribution < -0.4 is 5.32 Å². The number of hydrogen-bond donors (Lipinski definition) is 1. The Morgan fingerprint density at radius 1 is 1.47 bits per heavy atom. The highest BCUT2D eigenvalue weighted by atomic mass is 79.9. The molecule has 0 amide bonds. The molecular formula is C11H17BrN2S. The molecule has 1 aliphatic heterocycles. The first kappa shape index (κ1) is 11.6. The monoisotopic (exact) mass is 288 g/mol. The van der Waals surface area contributed by atoms with Gasteiger partial charge < -0.3 is 5.32 Å². The van der Waals surface area contributed by atoms with Gasteiger partial charge in [-0.2, -0.15) is 0 Å². The zero-order valence-corrected chi connectivity index (χ0v) is 11.6. The molecule has 1 N–H and O–H groups in total. The highest BCUT2D eigenvalue weighted by Crippen LogP contribution is 2.23. The smallest absolute Gasteiger partial charge is 0.0335 e. The van der Waals surface area contributed by atoms with E-state index in [0.29, 0.717) is 12.1 Å². The first-order valence-electron chi connectivity index (χ1n) is 5.36. The molecule has 0 spiro atoms. The van der Waals surface area contributed by atoms with Crippen molar-refractivity contribution in [3.63, 3.8) is 0 Å². The highest BCUT2D eigenvalue weighted by Gasteiger charge is 2.24. The van der Waals surface area contributed by atoms with Gasteiger partial charge in [0.25, 0.3) is 0 Å². The van der Waals surface area contributed by atoms with E-state index in [-0.39, 0.29) is 0 Å². The molecule has 0 bridgehead atoms. The Morgan fingerprint density at radius 2 is 2.13 bits per heavy atom. The van der Waals surface area contributed by atoms with Gasteiger partial charge in [0.2, 0.25) is 0 Å². The maximum Gasteiger partial charge on any atom is 0.0335 e. The van der Waals surface area contributed by atoms with Crippen molar-refractivity contribution in [1.82, 2.24) is 10.2 Å². The minimum absolute atomic E-state index is 0.634. The number of nitrogens with zero attached hydrogens (tertiary/aromatic N) is 1. The van der Waals surface area contributed by atoms with Gasteiger partial charge in [-0.3, -0.25) is 4.90 Å². The molecule has 2 heterocycles. The Bertz CT molecular complexity index is 316. The van der Waals surface area contributed by atoms with Crippen LogP contribution in [0.3, 0.4) is 0 Å². The second kappa shape index (κ2) is 4.95. The molecule has 4 heteroatoms. The summed E-state index contributed by atoms with van der Waals surface area (Å²) < 4.78 is 1.21. The van der Waals surface area contributed by atoms with Crippen LogP contribution in [0.5, 0.6) is 0 Å². The van der Waals surface area contributed by atoms with Crippen LogP contribution in [-0.4, -0.2) is 30.1 Å². The summed E-state index contributed by atoms with van der Waals surface area (Å²) in [5, 5.41) is 5.62. The van der Waals surface area contributed by atoms with Gasteiger partial charge in [-0.15, -0.1) is 11.3 Å². The van der Waals surface area contributed by atoms with E-state index in [4.69, 9.17) is 0 Å². The predicted octanol–water partition coefficient (Wildman–Crippen LogP) is 2.69. The van der Waals surface area contributed by atoms with Crippen LogP contribution >= 0.6 is 27.3 Å². The second-order valence-electron chi connectivity index (χ2n) is 4.26. The average Bonchev–Trinajstić information content (AvgIpc) is 2.58. The van der Waals surface area contributed by atoms with E-state index in [1.165, 1.54) is 9.35 Å². The van der Waals surface area contributed by atoms with Crippen LogP contribution in [0.15, 0.2) is 15.9 Å². The standard InChI is InChI=1S/C11H17BrN2S/c1-8-4-13-5-9(2)14(8)6-11-3-10(12)7-15-11/h3,7-9,13H,4-6H2,1-2H3. The second-order valence-corrected chi connectivity index (χ2v) is 6.17. The first-order valence-corrected chi connectivity index (χ1v) is 7.03. The Labute approximate surface area is 104 Å². The Kier molecular flexibility index (Phi) is 3.83. The van der Waals surface area contributed by atoms with Gasteiger partial charge in [0.15, 0.2) is 0 Å². The van der Waals surface area contributed by atoms with Gasteiger partial charge in [0, 0.05) is 46.4 Å². The molecule has 1 aliphatic rings. The van der Waals surface area contributed by atoms with E-state index in [9.17, 15) is 0 Å². The van der Waals surface area contributed by atoms with Gasteiger partial charge >= 0.3 is 0 Å². The van der Waals surface area contributed by atoms with Gasteiger partial charge in [-0.05, 0) is 35.8 Å². The number of thiophene rings is 1. The number of nitrogens with one attached hydrogen (secondary N) is 1. The Balaban J connectivity index is 2.03. The Hall–Kier alpha value is 0.1000. The summed E-state index contributed by atoms with van der Waals surface area (Å²) in [6, 6.07) is 3.50. The lowest BCUT2D eigenvalue weighted by molar-refractivity contribution is 0.110. The summed E-state index contributed by atoms with van der Waals surface area (Å²) in [5.74, 6) is 0. The van der Waals surface area contributed by atoms with Crippen LogP contribution in [0.2, 0.25) is 0 Å². The van der Waals surface area contributed by atoms with Gasteiger partial charge in [0.05, 0.1) is 0 Å². The van der Waals surface area contributed by atoms with E-state index < -0.39 is 0 Å². The van der Waals surface area contributed by atoms with Crippen LogP contribution in [0.1, 0.15) is 18.7 Å². The third-order valence-electron chi connectivity index (χ3n) is 2.97. The molecule has 84 valence electrons. The number of halogens is 1. The lowest BCUT2D eigenvalue weighted by Gasteiger charge is -2.39. The first-order chi connectivity index (χ1) is 7.16. The fourth-order valence-electron chi connectivity index (χ4n) is 2.10. The van der Waals surface area contributed by atoms with Crippen molar-refractivity contribution in [2.45, 2.75) is 32.5 Å². The summed E-state index contributed by atoms with van der Waals surface area (Å²) >= 11 is 5.35. The predicted molar refractivity (Wildman–Crippen MR) is 69.4 cm³/mol. The third-order valence-corrected chi connectivity index (χ3v) is 4.65. The van der Waals surface area contributed by atoms with Crippen molar-refractivity contribution in [1.29, 1.82) is 0 Å². The molecule has 0 radical (unpaired) electrons. The summed E-state index contributed by atoms with van der Waals surface area (Å²) in [6.07, 6.45) is 0. The molecule has 1 fully saturated rings. The van der Waals surface area contributed by atoms with Crippen molar-refractivity contribution in [2.75, 3.05) is 13.1 Å². The number of rotatable bonds is 2. The van der Waals surface area contributed by atoms with Gasteiger partial charge in [-0.1, -0.05) is 0 Å². The van der Waals surface area contributed by atoms with Crippen LogP contribution in [0.4, 0.5) is 0 Å². The third kappa shape index (κ3) is 2.81. The summed E-state index contributed by atoms with van der Waals surface area (Å²) in [4.78, 5) is 4.02. The average molecular weight is 289 g/mol. The van der Waals surface area contributed by atoms with Gasteiger partial charge in [0.1, 0.15) is 0 Å². The van der Waals surface area contributed by atoms with Crippen molar-refractivity contribution in [3.8, 4) is 0 Å².